The number of hydrogen-bond acceptors (Lipinski definition) is 3. The molecule has 3 atom stereocenters. The lowest BCUT2D eigenvalue weighted by Crippen LogP contribution is -2.44. The molecule has 2 amide bonds. The van der Waals surface area contributed by atoms with Crippen LogP contribution in [0.4, 0.5) is 23.7 Å². The van der Waals surface area contributed by atoms with Crippen molar-refractivity contribution in [2.24, 2.45) is 0 Å². The molecule has 0 saturated carbocycles. The standard InChI is InChI=1S/C17H24F3N3O2S/c1-12(26(2)25)7-9-21-16(24)22-13-8-10-23(11-13)15-6-4-3-5-14(15)17(18,19)20/h3-6,12-13H,7-11H2,1-2H3,(H2,21,22,24). The summed E-state index contributed by atoms with van der Waals surface area (Å²) in [4.78, 5) is 13.6. The molecule has 1 heterocycles. The molecule has 1 fully saturated rings. The molecule has 0 bridgehead atoms. The number of para-hydroxylation sites is 1. The molecule has 3 unspecified atom stereocenters. The Balaban J connectivity index is 1.86. The summed E-state index contributed by atoms with van der Waals surface area (Å²) >= 11 is 0. The zero-order valence-corrected chi connectivity index (χ0v) is 15.6. The van der Waals surface area contributed by atoms with E-state index in [2.05, 4.69) is 10.6 Å². The van der Waals surface area contributed by atoms with Gasteiger partial charge < -0.3 is 15.5 Å². The quantitative estimate of drug-likeness (QED) is 0.784. The van der Waals surface area contributed by atoms with E-state index in [4.69, 9.17) is 0 Å². The molecule has 146 valence electrons. The number of benzene rings is 1. The Labute approximate surface area is 153 Å². The van der Waals surface area contributed by atoms with Crippen molar-refractivity contribution in [3.8, 4) is 0 Å². The molecule has 1 aliphatic rings. The highest BCUT2D eigenvalue weighted by molar-refractivity contribution is 7.84. The Morgan fingerprint density at radius 2 is 2.08 bits per heavy atom. The molecule has 5 nitrogen and oxygen atoms in total. The largest absolute Gasteiger partial charge is 0.418 e. The zero-order chi connectivity index (χ0) is 19.3. The van der Waals surface area contributed by atoms with E-state index in [1.165, 1.54) is 12.1 Å². The van der Waals surface area contributed by atoms with Crippen LogP contribution in [0.2, 0.25) is 0 Å². The van der Waals surface area contributed by atoms with Crippen molar-refractivity contribution in [2.45, 2.75) is 37.2 Å². The van der Waals surface area contributed by atoms with Gasteiger partial charge in [0.2, 0.25) is 0 Å². The van der Waals surface area contributed by atoms with Crippen molar-refractivity contribution in [2.75, 3.05) is 30.8 Å². The SMILES string of the molecule is CC(CCNC(=O)NC1CCN(c2ccccc2C(F)(F)F)C1)S(C)=O. The fourth-order valence-electron chi connectivity index (χ4n) is 2.88. The van der Waals surface area contributed by atoms with Crippen LogP contribution in [0.15, 0.2) is 24.3 Å². The maximum atomic E-state index is 13.1. The maximum Gasteiger partial charge on any atom is 0.418 e. The third-order valence-corrected chi connectivity index (χ3v) is 5.85. The molecular weight excluding hydrogens is 367 g/mol. The number of alkyl halides is 3. The molecule has 9 heteroatoms. The predicted octanol–water partition coefficient (Wildman–Crippen LogP) is 2.74. The number of carbonyl (C=O) groups is 1. The van der Waals surface area contributed by atoms with Crippen LogP contribution in [-0.4, -0.2) is 47.4 Å². The molecule has 1 saturated heterocycles. The second-order valence-electron chi connectivity index (χ2n) is 6.44. The minimum Gasteiger partial charge on any atom is -0.369 e. The van der Waals surface area contributed by atoms with E-state index in [0.717, 1.165) is 6.07 Å². The number of amides is 2. The average Bonchev–Trinajstić information content (AvgIpc) is 3.02. The summed E-state index contributed by atoms with van der Waals surface area (Å²) in [5.74, 6) is 0. The molecule has 0 radical (unpaired) electrons. The molecule has 0 aromatic heterocycles. The Morgan fingerprint density at radius 3 is 2.73 bits per heavy atom. The van der Waals surface area contributed by atoms with Gasteiger partial charge in [0.1, 0.15) is 0 Å². The van der Waals surface area contributed by atoms with Gasteiger partial charge in [-0.2, -0.15) is 13.2 Å². The van der Waals surface area contributed by atoms with Crippen molar-refractivity contribution in [3.05, 3.63) is 29.8 Å². The van der Waals surface area contributed by atoms with Gasteiger partial charge in [0.05, 0.1) is 5.56 Å². The molecular formula is C17H24F3N3O2S. The normalized spacial score (nSPS) is 19.9. The molecule has 0 aliphatic carbocycles. The van der Waals surface area contributed by atoms with E-state index in [0.29, 0.717) is 32.5 Å². The van der Waals surface area contributed by atoms with Crippen molar-refractivity contribution in [1.29, 1.82) is 0 Å². The van der Waals surface area contributed by atoms with Gasteiger partial charge in [-0.15, -0.1) is 0 Å². The number of anilines is 1. The van der Waals surface area contributed by atoms with Crippen LogP contribution >= 0.6 is 0 Å². The average molecular weight is 391 g/mol. The van der Waals surface area contributed by atoms with E-state index in [1.54, 1.807) is 17.2 Å². The van der Waals surface area contributed by atoms with Gasteiger partial charge in [-0.05, 0) is 25.0 Å². The second kappa shape index (κ2) is 8.75. The van der Waals surface area contributed by atoms with Crippen molar-refractivity contribution in [1.82, 2.24) is 10.6 Å². The monoisotopic (exact) mass is 391 g/mol. The van der Waals surface area contributed by atoms with Crippen molar-refractivity contribution >= 4 is 22.5 Å². The Hall–Kier alpha value is -1.77. The van der Waals surface area contributed by atoms with Gasteiger partial charge >= 0.3 is 12.2 Å². The van der Waals surface area contributed by atoms with Gasteiger partial charge in [-0.3, -0.25) is 4.21 Å². The number of nitrogens with zero attached hydrogens (tertiary/aromatic N) is 1. The van der Waals surface area contributed by atoms with Gasteiger partial charge in [0.15, 0.2) is 0 Å². The lowest BCUT2D eigenvalue weighted by Gasteiger charge is -2.23. The topological polar surface area (TPSA) is 61.4 Å². The maximum absolute atomic E-state index is 13.1. The number of rotatable bonds is 6. The highest BCUT2D eigenvalue weighted by Gasteiger charge is 2.36. The fourth-order valence-corrected chi connectivity index (χ4v) is 3.33. The summed E-state index contributed by atoms with van der Waals surface area (Å²) in [6.45, 7) is 3.03. The zero-order valence-electron chi connectivity index (χ0n) is 14.8. The van der Waals surface area contributed by atoms with Gasteiger partial charge in [-0.25, -0.2) is 4.79 Å². The van der Waals surface area contributed by atoms with Crippen LogP contribution in [0.3, 0.4) is 0 Å². The molecule has 26 heavy (non-hydrogen) atoms. The molecule has 1 aromatic carbocycles. The number of halogens is 3. The van der Waals surface area contributed by atoms with E-state index >= 15 is 0 Å². The smallest absolute Gasteiger partial charge is 0.369 e. The van der Waals surface area contributed by atoms with E-state index in [-0.39, 0.29) is 23.0 Å². The number of nitrogens with one attached hydrogen (secondary N) is 2. The molecule has 2 N–H and O–H groups in total. The summed E-state index contributed by atoms with van der Waals surface area (Å²) in [6, 6.07) is 4.91. The summed E-state index contributed by atoms with van der Waals surface area (Å²) in [5, 5.41) is 5.49. The Bertz CT molecular complexity index is 654. The molecule has 1 aromatic rings. The molecule has 1 aliphatic heterocycles. The Kier molecular flexibility index (Phi) is 6.91. The van der Waals surface area contributed by atoms with Gasteiger partial charge in [-0.1, -0.05) is 19.1 Å². The van der Waals surface area contributed by atoms with E-state index in [1.807, 2.05) is 6.92 Å². The highest BCUT2D eigenvalue weighted by atomic mass is 32.2. The van der Waals surface area contributed by atoms with E-state index in [9.17, 15) is 22.2 Å². The minimum atomic E-state index is -4.41. The number of carbonyl (C=O) groups excluding carboxylic acids is 1. The van der Waals surface area contributed by atoms with Crippen molar-refractivity contribution in [3.63, 3.8) is 0 Å². The van der Waals surface area contributed by atoms with Crippen molar-refractivity contribution < 1.29 is 22.2 Å². The highest BCUT2D eigenvalue weighted by Crippen LogP contribution is 2.37. The lowest BCUT2D eigenvalue weighted by molar-refractivity contribution is -0.137. The van der Waals surface area contributed by atoms with Crippen LogP contribution in [0.5, 0.6) is 0 Å². The second-order valence-corrected chi connectivity index (χ2v) is 8.25. The first-order chi connectivity index (χ1) is 12.2. The van der Waals surface area contributed by atoms with Gasteiger partial charge in [0, 0.05) is 53.7 Å². The fraction of sp³-hybridized carbons (Fsp3) is 0.588. The first-order valence-electron chi connectivity index (χ1n) is 8.46. The van der Waals surface area contributed by atoms with E-state index < -0.39 is 22.5 Å². The van der Waals surface area contributed by atoms with Crippen LogP contribution in [0.25, 0.3) is 0 Å². The first kappa shape index (κ1) is 20.5. The minimum absolute atomic E-state index is 0.00357. The first-order valence-corrected chi connectivity index (χ1v) is 10.1. The number of hydrogen-bond donors (Lipinski definition) is 2. The molecule has 2 rings (SSSR count). The summed E-state index contributed by atoms with van der Waals surface area (Å²) < 4.78 is 50.7. The van der Waals surface area contributed by atoms with Crippen LogP contribution in [0.1, 0.15) is 25.3 Å². The van der Waals surface area contributed by atoms with Crippen LogP contribution in [0, 0.1) is 0 Å². The predicted molar refractivity (Wildman–Crippen MR) is 96.7 cm³/mol. The number of urea groups is 1. The third kappa shape index (κ3) is 5.62. The summed E-state index contributed by atoms with van der Waals surface area (Å²) in [6.07, 6.45) is -1.60. The van der Waals surface area contributed by atoms with Crippen LogP contribution < -0.4 is 15.5 Å². The van der Waals surface area contributed by atoms with Crippen LogP contribution in [-0.2, 0) is 17.0 Å². The Morgan fingerprint density at radius 1 is 1.38 bits per heavy atom. The lowest BCUT2D eigenvalue weighted by atomic mass is 10.1. The van der Waals surface area contributed by atoms with Gasteiger partial charge in [0.25, 0.3) is 0 Å². The molecule has 0 spiro atoms. The summed E-state index contributed by atoms with van der Waals surface area (Å²) in [7, 11) is -0.935. The third-order valence-electron chi connectivity index (χ3n) is 4.48. The summed E-state index contributed by atoms with van der Waals surface area (Å²) in [5.41, 5.74) is -0.518.